The summed E-state index contributed by atoms with van der Waals surface area (Å²) >= 11 is 1.72. The van der Waals surface area contributed by atoms with Crippen LogP contribution in [0.1, 0.15) is 12.6 Å². The molecule has 0 aliphatic rings. The fraction of sp³-hybridized carbons (Fsp3) is 0.300. The van der Waals surface area contributed by atoms with Crippen LogP contribution in [0.15, 0.2) is 23.7 Å². The van der Waals surface area contributed by atoms with Gasteiger partial charge in [0.1, 0.15) is 0 Å². The van der Waals surface area contributed by atoms with Gasteiger partial charge >= 0.3 is 0 Å². The zero-order valence-corrected chi connectivity index (χ0v) is 8.92. The molecule has 3 nitrogen and oxygen atoms in total. The van der Waals surface area contributed by atoms with Gasteiger partial charge in [-0.3, -0.25) is 4.68 Å². The first-order valence-corrected chi connectivity index (χ1v) is 5.53. The van der Waals surface area contributed by atoms with Gasteiger partial charge in [-0.15, -0.1) is 11.3 Å². The van der Waals surface area contributed by atoms with Gasteiger partial charge in [0.15, 0.2) is 0 Å². The van der Waals surface area contributed by atoms with Gasteiger partial charge in [0.25, 0.3) is 0 Å². The molecule has 2 aromatic rings. The van der Waals surface area contributed by atoms with E-state index in [-0.39, 0.29) is 0 Å². The highest BCUT2D eigenvalue weighted by atomic mass is 32.1. The molecule has 0 spiro atoms. The molecule has 0 aliphatic carbocycles. The van der Waals surface area contributed by atoms with Crippen molar-refractivity contribution in [1.82, 2.24) is 9.78 Å². The Labute approximate surface area is 87.2 Å². The lowest BCUT2D eigenvalue weighted by molar-refractivity contribution is 0.647. The third-order valence-electron chi connectivity index (χ3n) is 2.14. The second-order valence-corrected chi connectivity index (χ2v) is 3.97. The summed E-state index contributed by atoms with van der Waals surface area (Å²) in [5.41, 5.74) is 7.81. The molecule has 2 rings (SSSR count). The Morgan fingerprint density at radius 2 is 2.43 bits per heavy atom. The van der Waals surface area contributed by atoms with Crippen LogP contribution in [0.4, 0.5) is 0 Å². The van der Waals surface area contributed by atoms with Crippen LogP contribution >= 0.6 is 11.3 Å². The van der Waals surface area contributed by atoms with Crippen LogP contribution in [0.2, 0.25) is 0 Å². The van der Waals surface area contributed by atoms with Crippen molar-refractivity contribution >= 4 is 11.3 Å². The summed E-state index contributed by atoms with van der Waals surface area (Å²) < 4.78 is 1.93. The van der Waals surface area contributed by atoms with E-state index >= 15 is 0 Å². The van der Waals surface area contributed by atoms with Crippen molar-refractivity contribution < 1.29 is 0 Å². The lowest BCUT2D eigenvalue weighted by Gasteiger charge is -1.93. The van der Waals surface area contributed by atoms with Crippen molar-refractivity contribution in [2.45, 2.75) is 20.0 Å². The molecule has 0 aromatic carbocycles. The summed E-state index contributed by atoms with van der Waals surface area (Å²) in [5, 5.41) is 6.47. The maximum Gasteiger partial charge on any atom is 0.0846 e. The van der Waals surface area contributed by atoms with E-state index in [0.29, 0.717) is 6.54 Å². The smallest absolute Gasteiger partial charge is 0.0846 e. The van der Waals surface area contributed by atoms with Gasteiger partial charge in [0, 0.05) is 29.7 Å². The summed E-state index contributed by atoms with van der Waals surface area (Å²) in [5.74, 6) is 0. The average molecular weight is 207 g/mol. The number of hydrogen-bond acceptors (Lipinski definition) is 3. The van der Waals surface area contributed by atoms with Crippen LogP contribution in [0, 0.1) is 0 Å². The number of nitrogens with zero attached hydrogens (tertiary/aromatic N) is 2. The second-order valence-electron chi connectivity index (χ2n) is 3.03. The molecular weight excluding hydrogens is 194 g/mol. The minimum Gasteiger partial charge on any atom is -0.325 e. The number of nitrogens with two attached hydrogens (primary N) is 1. The summed E-state index contributed by atoms with van der Waals surface area (Å²) in [6.45, 7) is 3.46. The van der Waals surface area contributed by atoms with E-state index in [1.165, 1.54) is 10.4 Å². The molecule has 0 fully saturated rings. The zero-order valence-electron chi connectivity index (χ0n) is 8.10. The molecule has 4 heteroatoms. The van der Waals surface area contributed by atoms with Gasteiger partial charge in [-0.25, -0.2) is 0 Å². The van der Waals surface area contributed by atoms with Crippen molar-refractivity contribution in [2.75, 3.05) is 0 Å². The van der Waals surface area contributed by atoms with Gasteiger partial charge in [0.05, 0.1) is 5.69 Å². The summed E-state index contributed by atoms with van der Waals surface area (Å²) in [6.07, 6.45) is 2.06. The van der Waals surface area contributed by atoms with Crippen molar-refractivity contribution in [2.24, 2.45) is 5.73 Å². The van der Waals surface area contributed by atoms with Crippen LogP contribution in [-0.4, -0.2) is 9.78 Å². The molecule has 2 heterocycles. The van der Waals surface area contributed by atoms with Crippen LogP contribution in [-0.2, 0) is 13.1 Å². The normalized spacial score (nSPS) is 10.7. The lowest BCUT2D eigenvalue weighted by Crippen LogP contribution is -2.00. The van der Waals surface area contributed by atoms with Crippen molar-refractivity contribution in [3.8, 4) is 10.4 Å². The van der Waals surface area contributed by atoms with E-state index in [4.69, 9.17) is 5.73 Å². The van der Waals surface area contributed by atoms with E-state index in [2.05, 4.69) is 29.7 Å². The minimum atomic E-state index is 0.500. The predicted molar refractivity (Wildman–Crippen MR) is 59.1 cm³/mol. The SMILES string of the molecule is CCn1cc(-c2cccs2)c(CN)n1. The molecule has 0 atom stereocenters. The Morgan fingerprint density at radius 1 is 1.57 bits per heavy atom. The maximum atomic E-state index is 5.65. The second kappa shape index (κ2) is 3.94. The largest absolute Gasteiger partial charge is 0.325 e. The Balaban J connectivity index is 2.46. The Morgan fingerprint density at radius 3 is 3.00 bits per heavy atom. The van der Waals surface area contributed by atoms with Crippen molar-refractivity contribution in [1.29, 1.82) is 0 Å². The average Bonchev–Trinajstić information content (AvgIpc) is 2.85. The molecule has 2 aromatic heterocycles. The van der Waals surface area contributed by atoms with Crippen molar-refractivity contribution in [3.63, 3.8) is 0 Å². The van der Waals surface area contributed by atoms with Crippen molar-refractivity contribution in [3.05, 3.63) is 29.4 Å². The number of aryl methyl sites for hydroxylation is 1. The first kappa shape index (κ1) is 9.43. The first-order chi connectivity index (χ1) is 6.85. The molecule has 74 valence electrons. The number of thiophene rings is 1. The number of rotatable bonds is 3. The fourth-order valence-electron chi connectivity index (χ4n) is 1.41. The number of aromatic nitrogens is 2. The quantitative estimate of drug-likeness (QED) is 0.837. The zero-order chi connectivity index (χ0) is 9.97. The van der Waals surface area contributed by atoms with Crippen LogP contribution in [0.5, 0.6) is 0 Å². The molecule has 2 N–H and O–H groups in total. The van der Waals surface area contributed by atoms with Crippen LogP contribution in [0.25, 0.3) is 10.4 Å². The van der Waals surface area contributed by atoms with Crippen LogP contribution < -0.4 is 5.73 Å². The van der Waals surface area contributed by atoms with E-state index in [1.54, 1.807) is 11.3 Å². The highest BCUT2D eigenvalue weighted by Crippen LogP contribution is 2.27. The highest BCUT2D eigenvalue weighted by molar-refractivity contribution is 7.13. The molecule has 0 saturated heterocycles. The fourth-order valence-corrected chi connectivity index (χ4v) is 2.17. The van der Waals surface area contributed by atoms with Gasteiger partial charge < -0.3 is 5.73 Å². The highest BCUT2D eigenvalue weighted by Gasteiger charge is 2.09. The summed E-state index contributed by atoms with van der Waals surface area (Å²) in [6, 6.07) is 4.14. The molecule has 0 aliphatic heterocycles. The third kappa shape index (κ3) is 1.58. The molecule has 0 saturated carbocycles. The molecule has 14 heavy (non-hydrogen) atoms. The van der Waals surface area contributed by atoms with Gasteiger partial charge in [-0.05, 0) is 18.4 Å². The van der Waals surface area contributed by atoms with E-state index in [1.807, 2.05) is 10.7 Å². The predicted octanol–water partition coefficient (Wildman–Crippen LogP) is 2.09. The third-order valence-corrected chi connectivity index (χ3v) is 3.05. The van der Waals surface area contributed by atoms with E-state index in [0.717, 1.165) is 12.2 Å². The van der Waals surface area contributed by atoms with E-state index in [9.17, 15) is 0 Å². The maximum absolute atomic E-state index is 5.65. The molecule has 0 unspecified atom stereocenters. The van der Waals surface area contributed by atoms with Gasteiger partial charge in [0.2, 0.25) is 0 Å². The van der Waals surface area contributed by atoms with Gasteiger partial charge in [-0.2, -0.15) is 5.10 Å². The van der Waals surface area contributed by atoms with Crippen LogP contribution in [0.3, 0.4) is 0 Å². The minimum absolute atomic E-state index is 0.500. The molecule has 0 radical (unpaired) electrons. The number of hydrogen-bond donors (Lipinski definition) is 1. The molecule has 0 amide bonds. The first-order valence-electron chi connectivity index (χ1n) is 4.65. The molecule has 0 bridgehead atoms. The lowest BCUT2D eigenvalue weighted by atomic mass is 10.2. The summed E-state index contributed by atoms with van der Waals surface area (Å²) in [4.78, 5) is 1.24. The van der Waals surface area contributed by atoms with Gasteiger partial charge in [-0.1, -0.05) is 6.07 Å². The Bertz CT molecular complexity index is 403. The standard InChI is InChI=1S/C10H13N3S/c1-2-13-7-8(9(6-11)12-13)10-4-3-5-14-10/h3-5,7H,2,6,11H2,1H3. The topological polar surface area (TPSA) is 43.8 Å². The monoisotopic (exact) mass is 207 g/mol. The Kier molecular flexibility index (Phi) is 2.65. The molecular formula is C10H13N3S. The summed E-state index contributed by atoms with van der Waals surface area (Å²) in [7, 11) is 0. The Hall–Kier alpha value is -1.13. The van der Waals surface area contributed by atoms with E-state index < -0.39 is 0 Å².